The molecule has 2 heterocycles. The highest BCUT2D eigenvalue weighted by molar-refractivity contribution is 5.75. The van der Waals surface area contributed by atoms with Gasteiger partial charge >= 0.3 is 0 Å². The standard InChI is InChI=1S/C9H6O2.C4H6N2O/c10-8-5-6-11-9-4-2-1-3-7(8)9;7-4-6-3-1-2-5-6/h1-6H;2,4H,1,3H2. The fourth-order valence-corrected chi connectivity index (χ4v) is 1.52. The van der Waals surface area contributed by atoms with E-state index in [-0.39, 0.29) is 5.43 Å². The zero-order valence-corrected chi connectivity index (χ0v) is 9.65. The predicted octanol–water partition coefficient (Wildman–Crippen LogP) is 1.63. The lowest BCUT2D eigenvalue weighted by Gasteiger charge is -1.98. The van der Waals surface area contributed by atoms with Gasteiger partial charge in [-0.2, -0.15) is 5.10 Å². The van der Waals surface area contributed by atoms with E-state index < -0.39 is 0 Å². The Bertz CT molecular complexity index is 613. The first kappa shape index (κ1) is 12.0. The van der Waals surface area contributed by atoms with Crippen molar-refractivity contribution in [3.8, 4) is 0 Å². The normalized spacial score (nSPS) is 13.2. The summed E-state index contributed by atoms with van der Waals surface area (Å²) < 4.78 is 5.09. The summed E-state index contributed by atoms with van der Waals surface area (Å²) in [6.07, 6.45) is 4.77. The van der Waals surface area contributed by atoms with Crippen molar-refractivity contribution in [2.24, 2.45) is 5.10 Å². The van der Waals surface area contributed by atoms with E-state index in [0.29, 0.717) is 11.0 Å². The molecule has 1 amide bonds. The lowest BCUT2D eigenvalue weighted by molar-refractivity contribution is -0.117. The molecule has 0 N–H and O–H groups in total. The molecule has 18 heavy (non-hydrogen) atoms. The van der Waals surface area contributed by atoms with Crippen molar-refractivity contribution >= 4 is 23.6 Å². The van der Waals surface area contributed by atoms with E-state index >= 15 is 0 Å². The summed E-state index contributed by atoms with van der Waals surface area (Å²) >= 11 is 0. The fourth-order valence-electron chi connectivity index (χ4n) is 1.52. The second-order valence-corrected chi connectivity index (χ2v) is 3.64. The summed E-state index contributed by atoms with van der Waals surface area (Å²) in [4.78, 5) is 20.9. The minimum atomic E-state index is 0.00634. The molecular formula is C13H12N2O3. The number of rotatable bonds is 1. The zero-order chi connectivity index (χ0) is 12.8. The van der Waals surface area contributed by atoms with Crippen LogP contribution in [0.2, 0.25) is 0 Å². The van der Waals surface area contributed by atoms with Crippen LogP contribution in [0.15, 0.2) is 50.9 Å². The van der Waals surface area contributed by atoms with Crippen molar-refractivity contribution in [2.45, 2.75) is 6.42 Å². The van der Waals surface area contributed by atoms with Crippen molar-refractivity contribution in [3.63, 3.8) is 0 Å². The lowest BCUT2D eigenvalue weighted by Crippen LogP contribution is -2.09. The van der Waals surface area contributed by atoms with Crippen LogP contribution >= 0.6 is 0 Å². The number of hydrogen-bond acceptors (Lipinski definition) is 4. The number of carbonyl (C=O) groups is 1. The Morgan fingerprint density at radius 3 is 2.72 bits per heavy atom. The van der Waals surface area contributed by atoms with Crippen LogP contribution in [0.25, 0.3) is 11.0 Å². The average molecular weight is 244 g/mol. The molecule has 0 spiro atoms. The van der Waals surface area contributed by atoms with Gasteiger partial charge in [-0.05, 0) is 12.1 Å². The molecule has 5 heteroatoms. The maximum absolute atomic E-state index is 11.1. The minimum Gasteiger partial charge on any atom is -0.464 e. The van der Waals surface area contributed by atoms with Gasteiger partial charge in [-0.1, -0.05) is 12.1 Å². The van der Waals surface area contributed by atoms with E-state index in [1.165, 1.54) is 17.3 Å². The third-order valence-corrected chi connectivity index (χ3v) is 2.41. The molecule has 1 aliphatic heterocycles. The molecular weight excluding hydrogens is 232 g/mol. The zero-order valence-electron chi connectivity index (χ0n) is 9.65. The molecule has 0 radical (unpaired) electrons. The second kappa shape index (κ2) is 5.77. The van der Waals surface area contributed by atoms with Gasteiger partial charge in [-0.3, -0.25) is 9.59 Å². The molecule has 0 saturated heterocycles. The summed E-state index contributed by atoms with van der Waals surface area (Å²) in [7, 11) is 0. The molecule has 1 aliphatic rings. The van der Waals surface area contributed by atoms with Crippen LogP contribution in [-0.4, -0.2) is 24.2 Å². The number of benzene rings is 1. The third kappa shape index (κ3) is 2.82. The van der Waals surface area contributed by atoms with Crippen LogP contribution in [0.3, 0.4) is 0 Å². The van der Waals surface area contributed by atoms with Crippen molar-refractivity contribution in [1.82, 2.24) is 5.01 Å². The van der Waals surface area contributed by atoms with Gasteiger partial charge in [0.1, 0.15) is 5.58 Å². The van der Waals surface area contributed by atoms with Gasteiger partial charge in [0, 0.05) is 25.2 Å². The van der Waals surface area contributed by atoms with Gasteiger partial charge in [-0.15, -0.1) is 0 Å². The smallest absolute Gasteiger partial charge is 0.229 e. The quantitative estimate of drug-likeness (QED) is 0.716. The van der Waals surface area contributed by atoms with Crippen LogP contribution in [0, 0.1) is 0 Å². The first-order valence-electron chi connectivity index (χ1n) is 5.52. The minimum absolute atomic E-state index is 0.00634. The largest absolute Gasteiger partial charge is 0.464 e. The number of nitrogens with zero attached hydrogens (tertiary/aromatic N) is 2. The highest BCUT2D eigenvalue weighted by atomic mass is 16.3. The Morgan fingerprint density at radius 1 is 1.28 bits per heavy atom. The highest BCUT2D eigenvalue weighted by Crippen LogP contribution is 2.06. The predicted molar refractivity (Wildman–Crippen MR) is 68.4 cm³/mol. The van der Waals surface area contributed by atoms with Gasteiger partial charge in [0.05, 0.1) is 11.6 Å². The summed E-state index contributed by atoms with van der Waals surface area (Å²) in [5.41, 5.74) is 0.645. The SMILES string of the molecule is O=CN1CCC=N1.O=c1ccoc2ccccc12. The van der Waals surface area contributed by atoms with Gasteiger partial charge in [0.2, 0.25) is 6.41 Å². The Hall–Kier alpha value is -2.43. The molecule has 1 aromatic heterocycles. The average Bonchev–Trinajstić information content (AvgIpc) is 2.93. The van der Waals surface area contributed by atoms with Crippen molar-refractivity contribution in [3.05, 3.63) is 46.8 Å². The summed E-state index contributed by atoms with van der Waals surface area (Å²) in [5.74, 6) is 0. The van der Waals surface area contributed by atoms with E-state index in [2.05, 4.69) is 5.10 Å². The van der Waals surface area contributed by atoms with E-state index in [4.69, 9.17) is 4.42 Å². The molecule has 2 aromatic rings. The first-order valence-corrected chi connectivity index (χ1v) is 5.52. The number of carbonyl (C=O) groups excluding carboxylic acids is 1. The number of hydrazone groups is 1. The summed E-state index contributed by atoms with van der Waals surface area (Å²) in [6.45, 7) is 0.753. The molecule has 0 fully saturated rings. The molecule has 0 unspecified atom stereocenters. The Balaban J connectivity index is 0.000000149. The second-order valence-electron chi connectivity index (χ2n) is 3.64. The van der Waals surface area contributed by atoms with Crippen molar-refractivity contribution in [2.75, 3.05) is 6.54 Å². The van der Waals surface area contributed by atoms with Gasteiger partial charge in [0.25, 0.3) is 0 Å². The van der Waals surface area contributed by atoms with Crippen molar-refractivity contribution < 1.29 is 9.21 Å². The Kier molecular flexibility index (Phi) is 3.86. The van der Waals surface area contributed by atoms with Crippen molar-refractivity contribution in [1.29, 1.82) is 0 Å². The molecule has 1 aromatic carbocycles. The molecule has 3 rings (SSSR count). The van der Waals surface area contributed by atoms with Crippen LogP contribution in [0.4, 0.5) is 0 Å². The van der Waals surface area contributed by atoms with E-state index in [1.807, 2.05) is 12.1 Å². The number of fused-ring (bicyclic) bond motifs is 1. The maximum atomic E-state index is 11.1. The molecule has 0 atom stereocenters. The van der Waals surface area contributed by atoms with Gasteiger partial charge < -0.3 is 4.42 Å². The molecule has 0 bridgehead atoms. The van der Waals surface area contributed by atoms with Crippen LogP contribution in [-0.2, 0) is 4.79 Å². The van der Waals surface area contributed by atoms with Crippen LogP contribution < -0.4 is 5.43 Å². The number of hydrogen-bond donors (Lipinski definition) is 0. The highest BCUT2D eigenvalue weighted by Gasteiger charge is 2.00. The van der Waals surface area contributed by atoms with Crippen LogP contribution in [0.5, 0.6) is 0 Å². The topological polar surface area (TPSA) is 62.9 Å². The van der Waals surface area contributed by atoms with Gasteiger partial charge in [0.15, 0.2) is 5.43 Å². The summed E-state index contributed by atoms with van der Waals surface area (Å²) in [5, 5.41) is 5.70. The fraction of sp³-hybridized carbons (Fsp3) is 0.154. The van der Waals surface area contributed by atoms with Crippen LogP contribution in [0.1, 0.15) is 6.42 Å². The molecule has 92 valence electrons. The molecule has 5 nitrogen and oxygen atoms in total. The Labute approximate surface area is 103 Å². The monoisotopic (exact) mass is 244 g/mol. The first-order chi connectivity index (χ1) is 8.81. The molecule has 0 aliphatic carbocycles. The van der Waals surface area contributed by atoms with Gasteiger partial charge in [-0.25, -0.2) is 5.01 Å². The van der Waals surface area contributed by atoms with E-state index in [1.54, 1.807) is 18.3 Å². The molecule has 0 saturated carbocycles. The Morgan fingerprint density at radius 2 is 2.11 bits per heavy atom. The van der Waals surface area contributed by atoms with E-state index in [9.17, 15) is 9.59 Å². The summed E-state index contributed by atoms with van der Waals surface area (Å²) in [6, 6.07) is 8.60. The maximum Gasteiger partial charge on any atom is 0.229 e. The van der Waals surface area contributed by atoms with E-state index in [0.717, 1.165) is 19.4 Å². The third-order valence-electron chi connectivity index (χ3n) is 2.41. The lowest BCUT2D eigenvalue weighted by atomic mass is 10.2. The number of amides is 1. The number of para-hydroxylation sites is 1.